The van der Waals surface area contributed by atoms with Gasteiger partial charge in [0.1, 0.15) is 16.9 Å². The SMILES string of the molecule is Nc1c(C(=O)NC[C@@H]2CCCO2)c2nc3ccccc3nc2n1-c1ccc(C(F)(F)F)cc1. The average Bonchev–Trinajstić information content (AvgIpc) is 3.41. The Morgan fingerprint density at radius 3 is 2.45 bits per heavy atom. The van der Waals surface area contributed by atoms with Crippen molar-refractivity contribution in [3.63, 3.8) is 0 Å². The van der Waals surface area contributed by atoms with Gasteiger partial charge in [0.15, 0.2) is 5.65 Å². The zero-order chi connectivity index (χ0) is 23.2. The number of alkyl halides is 3. The van der Waals surface area contributed by atoms with Gasteiger partial charge in [-0.2, -0.15) is 13.2 Å². The molecule has 0 radical (unpaired) electrons. The zero-order valence-corrected chi connectivity index (χ0v) is 17.4. The van der Waals surface area contributed by atoms with Gasteiger partial charge in [-0.15, -0.1) is 0 Å². The molecule has 10 heteroatoms. The first kappa shape index (κ1) is 21.2. The Kier molecular flexibility index (Phi) is 5.16. The van der Waals surface area contributed by atoms with E-state index in [1.165, 1.54) is 16.7 Å². The summed E-state index contributed by atoms with van der Waals surface area (Å²) in [4.78, 5) is 22.4. The minimum atomic E-state index is -4.47. The molecule has 5 rings (SSSR count). The van der Waals surface area contributed by atoms with E-state index >= 15 is 0 Å². The molecule has 1 aliphatic rings. The second-order valence-electron chi connectivity index (χ2n) is 7.87. The molecule has 1 atom stereocenters. The van der Waals surface area contributed by atoms with Crippen LogP contribution in [-0.2, 0) is 10.9 Å². The third-order valence-corrected chi connectivity index (χ3v) is 5.69. The van der Waals surface area contributed by atoms with Crippen LogP contribution in [0.5, 0.6) is 0 Å². The molecule has 4 aromatic rings. The third-order valence-electron chi connectivity index (χ3n) is 5.69. The van der Waals surface area contributed by atoms with E-state index in [9.17, 15) is 18.0 Å². The molecular weight excluding hydrogens is 435 g/mol. The molecule has 0 spiro atoms. The lowest BCUT2D eigenvalue weighted by molar-refractivity contribution is -0.137. The van der Waals surface area contributed by atoms with Crippen LogP contribution in [-0.4, -0.2) is 39.7 Å². The molecule has 2 aromatic carbocycles. The number of aromatic nitrogens is 3. The maximum absolute atomic E-state index is 13.1. The Bertz CT molecular complexity index is 1340. The molecule has 33 heavy (non-hydrogen) atoms. The first-order valence-corrected chi connectivity index (χ1v) is 10.5. The van der Waals surface area contributed by atoms with Crippen molar-refractivity contribution in [1.29, 1.82) is 0 Å². The number of rotatable bonds is 4. The van der Waals surface area contributed by atoms with Crippen molar-refractivity contribution >= 4 is 33.9 Å². The Balaban J connectivity index is 1.64. The number of fused-ring (bicyclic) bond motifs is 2. The monoisotopic (exact) mass is 455 g/mol. The highest BCUT2D eigenvalue weighted by Crippen LogP contribution is 2.33. The average molecular weight is 455 g/mol. The normalized spacial score (nSPS) is 16.5. The summed E-state index contributed by atoms with van der Waals surface area (Å²) in [7, 11) is 0. The number of para-hydroxylation sites is 2. The summed E-state index contributed by atoms with van der Waals surface area (Å²) in [5.41, 5.74) is 7.77. The van der Waals surface area contributed by atoms with Crippen LogP contribution in [0.1, 0.15) is 28.8 Å². The molecule has 1 fully saturated rings. The lowest BCUT2D eigenvalue weighted by Crippen LogP contribution is -2.32. The molecule has 1 saturated heterocycles. The summed E-state index contributed by atoms with van der Waals surface area (Å²) >= 11 is 0. The number of hydrogen-bond donors (Lipinski definition) is 2. The molecule has 0 unspecified atom stereocenters. The maximum Gasteiger partial charge on any atom is 0.416 e. The predicted octanol–water partition coefficient (Wildman–Crippen LogP) is 4.08. The van der Waals surface area contributed by atoms with E-state index in [0.29, 0.717) is 29.9 Å². The van der Waals surface area contributed by atoms with Gasteiger partial charge in [0.2, 0.25) is 0 Å². The van der Waals surface area contributed by atoms with Crippen molar-refractivity contribution in [2.24, 2.45) is 0 Å². The predicted molar refractivity (Wildman–Crippen MR) is 117 cm³/mol. The second kappa shape index (κ2) is 8.04. The Hall–Kier alpha value is -3.66. The van der Waals surface area contributed by atoms with Gasteiger partial charge in [0.05, 0.1) is 22.7 Å². The first-order valence-electron chi connectivity index (χ1n) is 10.5. The largest absolute Gasteiger partial charge is 0.416 e. The van der Waals surface area contributed by atoms with Crippen LogP contribution < -0.4 is 11.1 Å². The molecule has 1 aliphatic heterocycles. The number of anilines is 1. The number of ether oxygens (including phenoxy) is 1. The van der Waals surface area contributed by atoms with Crippen LogP contribution in [0.3, 0.4) is 0 Å². The topological polar surface area (TPSA) is 95.1 Å². The number of hydrogen-bond acceptors (Lipinski definition) is 5. The van der Waals surface area contributed by atoms with Gasteiger partial charge >= 0.3 is 6.18 Å². The number of amides is 1. The highest BCUT2D eigenvalue weighted by molar-refractivity contribution is 6.11. The summed E-state index contributed by atoms with van der Waals surface area (Å²) in [6, 6.07) is 11.6. The van der Waals surface area contributed by atoms with E-state index in [1.54, 1.807) is 24.3 Å². The minimum absolute atomic E-state index is 0.0462. The second-order valence-corrected chi connectivity index (χ2v) is 7.87. The number of nitrogens with one attached hydrogen (secondary N) is 1. The highest BCUT2D eigenvalue weighted by Gasteiger charge is 2.31. The fraction of sp³-hybridized carbons (Fsp3) is 0.261. The van der Waals surface area contributed by atoms with E-state index in [-0.39, 0.29) is 28.6 Å². The van der Waals surface area contributed by atoms with Gasteiger partial charge in [0.25, 0.3) is 5.91 Å². The van der Waals surface area contributed by atoms with Crippen LogP contribution in [0.15, 0.2) is 48.5 Å². The van der Waals surface area contributed by atoms with Crippen LogP contribution in [0.2, 0.25) is 0 Å². The molecule has 3 N–H and O–H groups in total. The van der Waals surface area contributed by atoms with Crippen LogP contribution in [0.4, 0.5) is 19.0 Å². The quantitative estimate of drug-likeness (QED) is 0.484. The van der Waals surface area contributed by atoms with E-state index in [4.69, 9.17) is 10.5 Å². The smallest absolute Gasteiger partial charge is 0.384 e. The molecule has 0 aliphatic carbocycles. The van der Waals surface area contributed by atoms with Crippen molar-refractivity contribution in [2.75, 3.05) is 18.9 Å². The Morgan fingerprint density at radius 2 is 1.82 bits per heavy atom. The van der Waals surface area contributed by atoms with Crippen molar-refractivity contribution < 1.29 is 22.7 Å². The van der Waals surface area contributed by atoms with Gasteiger partial charge in [0, 0.05) is 18.8 Å². The number of halogens is 3. The van der Waals surface area contributed by atoms with E-state index < -0.39 is 17.6 Å². The van der Waals surface area contributed by atoms with Crippen molar-refractivity contribution in [3.8, 4) is 5.69 Å². The summed E-state index contributed by atoms with van der Waals surface area (Å²) < 4.78 is 46.1. The van der Waals surface area contributed by atoms with Crippen molar-refractivity contribution in [1.82, 2.24) is 19.9 Å². The van der Waals surface area contributed by atoms with Gasteiger partial charge in [-0.3, -0.25) is 9.36 Å². The number of nitrogens with zero attached hydrogens (tertiary/aromatic N) is 3. The molecule has 170 valence electrons. The molecule has 7 nitrogen and oxygen atoms in total. The number of carbonyl (C=O) groups is 1. The van der Waals surface area contributed by atoms with Gasteiger partial charge < -0.3 is 15.8 Å². The number of nitrogen functional groups attached to an aromatic ring is 1. The third kappa shape index (κ3) is 3.86. The van der Waals surface area contributed by atoms with Crippen LogP contribution in [0, 0.1) is 0 Å². The summed E-state index contributed by atoms with van der Waals surface area (Å²) in [5.74, 6) is -0.395. The van der Waals surface area contributed by atoms with Crippen LogP contribution in [0.25, 0.3) is 27.9 Å². The highest BCUT2D eigenvalue weighted by atomic mass is 19.4. The van der Waals surface area contributed by atoms with Crippen molar-refractivity contribution in [3.05, 3.63) is 59.7 Å². The molecule has 0 bridgehead atoms. The van der Waals surface area contributed by atoms with E-state index in [1.807, 2.05) is 0 Å². The molecule has 1 amide bonds. The fourth-order valence-corrected chi connectivity index (χ4v) is 4.05. The van der Waals surface area contributed by atoms with E-state index in [2.05, 4.69) is 15.3 Å². The molecule has 2 aromatic heterocycles. The maximum atomic E-state index is 13.1. The van der Waals surface area contributed by atoms with Gasteiger partial charge in [-0.25, -0.2) is 9.97 Å². The Labute approximate surface area is 186 Å². The number of benzene rings is 2. The van der Waals surface area contributed by atoms with Crippen LogP contribution >= 0.6 is 0 Å². The van der Waals surface area contributed by atoms with Gasteiger partial charge in [-0.1, -0.05) is 12.1 Å². The lowest BCUT2D eigenvalue weighted by atomic mass is 10.2. The summed E-state index contributed by atoms with van der Waals surface area (Å²) in [5, 5.41) is 2.84. The summed E-state index contributed by atoms with van der Waals surface area (Å²) in [6.07, 6.45) is -2.74. The Morgan fingerprint density at radius 1 is 1.12 bits per heavy atom. The summed E-state index contributed by atoms with van der Waals surface area (Å²) in [6.45, 7) is 0.986. The zero-order valence-electron chi connectivity index (χ0n) is 17.4. The molecule has 0 saturated carbocycles. The minimum Gasteiger partial charge on any atom is -0.384 e. The number of carbonyl (C=O) groups excluding carboxylic acids is 1. The molecule has 3 heterocycles. The number of nitrogens with two attached hydrogens (primary N) is 1. The lowest BCUT2D eigenvalue weighted by Gasteiger charge is -2.12. The standard InChI is InChI=1S/C23H20F3N5O2/c24-23(25,26)13-7-9-14(10-8-13)31-20(27)18(22(32)28-12-15-4-3-11-33-15)19-21(31)30-17-6-2-1-5-16(17)29-19/h1-2,5-10,15H,3-4,11-12,27H2,(H,28,32)/t15-/m0/s1. The first-order chi connectivity index (χ1) is 15.8. The van der Waals surface area contributed by atoms with Gasteiger partial charge in [-0.05, 0) is 49.2 Å². The van der Waals surface area contributed by atoms with E-state index in [0.717, 1.165) is 25.0 Å². The molecular formula is C23H20F3N5O2. The fourth-order valence-electron chi connectivity index (χ4n) is 4.05. The van der Waals surface area contributed by atoms with Crippen molar-refractivity contribution in [2.45, 2.75) is 25.1 Å².